The fourth-order valence-electron chi connectivity index (χ4n) is 4.21. The van der Waals surface area contributed by atoms with Crippen LogP contribution in [-0.4, -0.2) is 72.8 Å². The van der Waals surface area contributed by atoms with E-state index in [2.05, 4.69) is 15.0 Å². The molecule has 2 unspecified atom stereocenters. The van der Waals surface area contributed by atoms with Gasteiger partial charge in [0.1, 0.15) is 6.04 Å². The highest BCUT2D eigenvalue weighted by atomic mass is 32.2. The molecule has 3 atom stereocenters. The lowest BCUT2D eigenvalue weighted by Crippen LogP contribution is -2.58. The SMILES string of the molecule is CC(C)C[C@H](NS(C)(=O)=O)C(=O)NC1CCN(C(=O)Cc2cccc(-c3ccccn3)c2)CC1O. The van der Waals surface area contributed by atoms with Gasteiger partial charge in [-0.25, -0.2) is 13.1 Å². The Labute approximate surface area is 207 Å². The molecule has 10 heteroatoms. The molecule has 0 aliphatic carbocycles. The molecule has 0 bridgehead atoms. The average molecular weight is 503 g/mol. The number of hydrogen-bond donors (Lipinski definition) is 3. The molecule has 1 aromatic carbocycles. The number of nitrogens with one attached hydrogen (secondary N) is 2. The predicted molar refractivity (Wildman–Crippen MR) is 134 cm³/mol. The predicted octanol–water partition coefficient (Wildman–Crippen LogP) is 1.33. The topological polar surface area (TPSA) is 129 Å². The fraction of sp³-hybridized carbons (Fsp3) is 0.480. The van der Waals surface area contributed by atoms with Crippen LogP contribution in [0.15, 0.2) is 48.7 Å². The van der Waals surface area contributed by atoms with Crippen molar-refractivity contribution in [2.24, 2.45) is 5.92 Å². The average Bonchev–Trinajstić information content (AvgIpc) is 2.79. The molecular formula is C25H34N4O5S. The van der Waals surface area contributed by atoms with Crippen LogP contribution in [0.3, 0.4) is 0 Å². The van der Waals surface area contributed by atoms with Crippen molar-refractivity contribution in [3.63, 3.8) is 0 Å². The minimum atomic E-state index is -3.57. The Morgan fingerprint density at radius 3 is 2.60 bits per heavy atom. The normalized spacial score (nSPS) is 19.4. The van der Waals surface area contributed by atoms with Crippen molar-refractivity contribution in [1.29, 1.82) is 0 Å². The van der Waals surface area contributed by atoms with Gasteiger partial charge in [0.05, 0.1) is 30.5 Å². The quantitative estimate of drug-likeness (QED) is 0.475. The number of aromatic nitrogens is 1. The van der Waals surface area contributed by atoms with Gasteiger partial charge in [-0.05, 0) is 42.5 Å². The van der Waals surface area contributed by atoms with Crippen molar-refractivity contribution >= 4 is 21.8 Å². The summed E-state index contributed by atoms with van der Waals surface area (Å²) in [7, 11) is -3.57. The maximum atomic E-state index is 12.9. The molecular weight excluding hydrogens is 468 g/mol. The third-order valence-electron chi connectivity index (χ3n) is 5.89. The summed E-state index contributed by atoms with van der Waals surface area (Å²) >= 11 is 0. The van der Waals surface area contributed by atoms with Gasteiger partial charge in [0.15, 0.2) is 0 Å². The number of aliphatic hydroxyl groups excluding tert-OH is 1. The number of hydrogen-bond acceptors (Lipinski definition) is 6. The van der Waals surface area contributed by atoms with Gasteiger partial charge in [-0.15, -0.1) is 0 Å². The molecule has 1 aliphatic rings. The summed E-state index contributed by atoms with van der Waals surface area (Å²) in [4.78, 5) is 31.6. The Kier molecular flexibility index (Phi) is 8.98. The molecule has 1 aliphatic heterocycles. The summed E-state index contributed by atoms with van der Waals surface area (Å²) in [6, 6.07) is 11.9. The third-order valence-corrected chi connectivity index (χ3v) is 6.60. The van der Waals surface area contributed by atoms with E-state index in [0.29, 0.717) is 19.4 Å². The number of rotatable bonds is 9. The molecule has 2 amide bonds. The van der Waals surface area contributed by atoms with Gasteiger partial charge in [-0.3, -0.25) is 14.6 Å². The minimum absolute atomic E-state index is 0.0953. The van der Waals surface area contributed by atoms with Crippen molar-refractivity contribution in [3.8, 4) is 11.3 Å². The van der Waals surface area contributed by atoms with Crippen molar-refractivity contribution < 1.29 is 23.1 Å². The summed E-state index contributed by atoms with van der Waals surface area (Å²) < 4.78 is 25.7. The number of piperidine rings is 1. The monoisotopic (exact) mass is 502 g/mol. The highest BCUT2D eigenvalue weighted by molar-refractivity contribution is 7.88. The van der Waals surface area contributed by atoms with Gasteiger partial charge in [0.25, 0.3) is 0 Å². The molecule has 190 valence electrons. The zero-order valence-electron chi connectivity index (χ0n) is 20.3. The second kappa shape index (κ2) is 11.7. The van der Waals surface area contributed by atoms with E-state index in [1.54, 1.807) is 11.1 Å². The van der Waals surface area contributed by atoms with Crippen LogP contribution < -0.4 is 10.0 Å². The fourth-order valence-corrected chi connectivity index (χ4v) is 4.93. The van der Waals surface area contributed by atoms with Gasteiger partial charge in [0.2, 0.25) is 21.8 Å². The Balaban J connectivity index is 1.57. The number of carbonyl (C=O) groups excluding carboxylic acids is 2. The summed E-state index contributed by atoms with van der Waals surface area (Å²) in [5.41, 5.74) is 2.61. The summed E-state index contributed by atoms with van der Waals surface area (Å²) in [5, 5.41) is 13.4. The molecule has 1 fully saturated rings. The van der Waals surface area contributed by atoms with Crippen LogP contribution in [0.5, 0.6) is 0 Å². The molecule has 0 saturated carbocycles. The Morgan fingerprint density at radius 1 is 1.20 bits per heavy atom. The largest absolute Gasteiger partial charge is 0.389 e. The lowest BCUT2D eigenvalue weighted by Gasteiger charge is -2.37. The van der Waals surface area contributed by atoms with Crippen LogP contribution >= 0.6 is 0 Å². The number of amides is 2. The summed E-state index contributed by atoms with van der Waals surface area (Å²) in [6.07, 6.45) is 2.69. The second-order valence-electron chi connectivity index (χ2n) is 9.48. The minimum Gasteiger partial charge on any atom is -0.389 e. The number of carbonyl (C=O) groups is 2. The first-order valence-electron chi connectivity index (χ1n) is 11.8. The van der Waals surface area contributed by atoms with E-state index in [9.17, 15) is 23.1 Å². The number of aliphatic hydroxyl groups is 1. The van der Waals surface area contributed by atoms with E-state index in [1.807, 2.05) is 56.3 Å². The molecule has 9 nitrogen and oxygen atoms in total. The standard InChI is InChI=1S/C25H34N4O5S/c1-17(2)13-22(28-35(3,33)34)25(32)27-21-10-12-29(16-23(21)30)24(31)15-18-7-6-8-19(14-18)20-9-4-5-11-26-20/h4-9,11,14,17,21-23,28,30H,10,12-13,15-16H2,1-3H3,(H,27,32)/t21?,22-,23?/m0/s1. The van der Waals surface area contributed by atoms with Gasteiger partial charge in [0, 0.05) is 24.8 Å². The number of benzene rings is 1. The zero-order chi connectivity index (χ0) is 25.6. The maximum absolute atomic E-state index is 12.9. The maximum Gasteiger partial charge on any atom is 0.238 e. The number of sulfonamides is 1. The lowest BCUT2D eigenvalue weighted by molar-refractivity contribution is -0.134. The van der Waals surface area contributed by atoms with Crippen LogP contribution in [0.2, 0.25) is 0 Å². The van der Waals surface area contributed by atoms with Crippen molar-refractivity contribution in [1.82, 2.24) is 19.9 Å². The molecule has 0 radical (unpaired) electrons. The molecule has 1 saturated heterocycles. The van der Waals surface area contributed by atoms with Crippen molar-refractivity contribution in [2.75, 3.05) is 19.3 Å². The number of likely N-dealkylation sites (tertiary alicyclic amines) is 1. The van der Waals surface area contributed by atoms with E-state index >= 15 is 0 Å². The molecule has 1 aromatic heterocycles. The first-order valence-corrected chi connectivity index (χ1v) is 13.6. The van der Waals surface area contributed by atoms with E-state index in [4.69, 9.17) is 0 Å². The third kappa shape index (κ3) is 8.12. The number of β-amino-alcohol motifs (C(OH)–C–C–N with tert-alkyl or cyclic N) is 1. The second-order valence-corrected chi connectivity index (χ2v) is 11.3. The Bertz CT molecular complexity index is 1120. The van der Waals surface area contributed by atoms with Gasteiger partial charge in [-0.1, -0.05) is 38.1 Å². The zero-order valence-corrected chi connectivity index (χ0v) is 21.2. The van der Waals surface area contributed by atoms with Crippen LogP contribution in [0.1, 0.15) is 32.3 Å². The molecule has 2 aromatic rings. The van der Waals surface area contributed by atoms with Crippen LogP contribution in [0, 0.1) is 5.92 Å². The van der Waals surface area contributed by atoms with E-state index in [0.717, 1.165) is 23.1 Å². The van der Waals surface area contributed by atoms with Gasteiger partial charge in [-0.2, -0.15) is 0 Å². The van der Waals surface area contributed by atoms with Gasteiger partial charge < -0.3 is 15.3 Å². The summed E-state index contributed by atoms with van der Waals surface area (Å²) in [5.74, 6) is -0.483. The molecule has 0 spiro atoms. The Hall–Kier alpha value is -2.82. The van der Waals surface area contributed by atoms with Crippen molar-refractivity contribution in [3.05, 3.63) is 54.2 Å². The molecule has 35 heavy (non-hydrogen) atoms. The summed E-state index contributed by atoms with van der Waals surface area (Å²) in [6.45, 7) is 4.28. The van der Waals surface area contributed by atoms with E-state index in [-0.39, 0.29) is 24.8 Å². The first kappa shape index (κ1) is 26.8. The Morgan fingerprint density at radius 2 is 1.97 bits per heavy atom. The molecule has 2 heterocycles. The lowest BCUT2D eigenvalue weighted by atomic mass is 9.98. The molecule has 3 N–H and O–H groups in total. The molecule has 3 rings (SSSR count). The highest BCUT2D eigenvalue weighted by Gasteiger charge is 2.33. The smallest absolute Gasteiger partial charge is 0.238 e. The van der Waals surface area contributed by atoms with Gasteiger partial charge >= 0.3 is 0 Å². The van der Waals surface area contributed by atoms with E-state index < -0.39 is 34.1 Å². The highest BCUT2D eigenvalue weighted by Crippen LogP contribution is 2.19. The number of pyridine rings is 1. The first-order chi connectivity index (χ1) is 16.5. The van der Waals surface area contributed by atoms with Crippen molar-refractivity contribution in [2.45, 2.75) is 51.3 Å². The van der Waals surface area contributed by atoms with Crippen LogP contribution in [0.4, 0.5) is 0 Å². The number of nitrogens with zero attached hydrogens (tertiary/aromatic N) is 2. The van der Waals surface area contributed by atoms with E-state index in [1.165, 1.54) is 0 Å². The van der Waals surface area contributed by atoms with Crippen LogP contribution in [0.25, 0.3) is 11.3 Å². The van der Waals surface area contributed by atoms with Crippen LogP contribution in [-0.2, 0) is 26.0 Å².